The summed E-state index contributed by atoms with van der Waals surface area (Å²) in [4.78, 5) is 11.9. The van der Waals surface area contributed by atoms with E-state index in [0.29, 0.717) is 28.6 Å². The third-order valence-electron chi connectivity index (χ3n) is 3.79. The molecule has 0 saturated heterocycles. The topological polar surface area (TPSA) is 78.4 Å². The molecule has 0 aliphatic rings. The Morgan fingerprint density at radius 1 is 1.04 bits per heavy atom. The quantitative estimate of drug-likeness (QED) is 0.541. The van der Waals surface area contributed by atoms with Gasteiger partial charge in [0.25, 0.3) is 5.91 Å². The highest BCUT2D eigenvalue weighted by Crippen LogP contribution is 2.37. The molecule has 7 nitrogen and oxygen atoms in total. The Hall–Kier alpha value is -3.22. The zero-order chi connectivity index (χ0) is 19.6. The van der Waals surface area contributed by atoms with Crippen LogP contribution in [0.3, 0.4) is 0 Å². The van der Waals surface area contributed by atoms with Gasteiger partial charge in [-0.1, -0.05) is 19.1 Å². The molecule has 27 heavy (non-hydrogen) atoms. The van der Waals surface area contributed by atoms with Gasteiger partial charge in [-0.15, -0.1) is 0 Å². The van der Waals surface area contributed by atoms with E-state index in [2.05, 4.69) is 17.5 Å². The number of hydrogen-bond acceptors (Lipinski definition) is 6. The van der Waals surface area contributed by atoms with Crippen molar-refractivity contribution in [3.8, 4) is 23.0 Å². The number of nitrogens with one attached hydrogen (secondary N) is 1. The molecule has 2 aromatic carbocycles. The molecule has 144 valence electrons. The number of benzene rings is 2. The number of nitrogens with zero attached hydrogens (tertiary/aromatic N) is 1. The summed E-state index contributed by atoms with van der Waals surface area (Å²) in [6, 6.07) is 11.1. The van der Waals surface area contributed by atoms with E-state index >= 15 is 0 Å². The maximum absolute atomic E-state index is 11.9. The van der Waals surface area contributed by atoms with Gasteiger partial charge in [0, 0.05) is 5.56 Å². The van der Waals surface area contributed by atoms with Crippen molar-refractivity contribution in [2.24, 2.45) is 5.10 Å². The Bertz CT molecular complexity index is 762. The molecule has 0 atom stereocenters. The van der Waals surface area contributed by atoms with Crippen molar-refractivity contribution in [1.29, 1.82) is 0 Å². The van der Waals surface area contributed by atoms with E-state index < -0.39 is 0 Å². The lowest BCUT2D eigenvalue weighted by atomic mass is 10.2. The SMILES string of the molecule is CCc1ccc(OCC(=O)NN=Cc2cc(OC)c(OC)c(OC)c2)cc1. The molecule has 7 heteroatoms. The molecule has 0 aliphatic carbocycles. The molecule has 0 aromatic heterocycles. The highest BCUT2D eigenvalue weighted by atomic mass is 16.5. The van der Waals surface area contributed by atoms with Gasteiger partial charge >= 0.3 is 0 Å². The number of carbonyl (C=O) groups is 1. The molecule has 1 amide bonds. The highest BCUT2D eigenvalue weighted by molar-refractivity contribution is 5.84. The van der Waals surface area contributed by atoms with Crippen molar-refractivity contribution in [2.75, 3.05) is 27.9 Å². The van der Waals surface area contributed by atoms with E-state index in [9.17, 15) is 4.79 Å². The third kappa shape index (κ3) is 5.64. The van der Waals surface area contributed by atoms with Gasteiger partial charge in [-0.25, -0.2) is 5.43 Å². The summed E-state index contributed by atoms with van der Waals surface area (Å²) in [5.74, 6) is 1.77. The zero-order valence-electron chi connectivity index (χ0n) is 15.9. The Labute approximate surface area is 158 Å². The Morgan fingerprint density at radius 2 is 1.67 bits per heavy atom. The molecule has 0 radical (unpaired) electrons. The van der Waals surface area contributed by atoms with Crippen LogP contribution < -0.4 is 24.4 Å². The van der Waals surface area contributed by atoms with Crippen molar-refractivity contribution in [3.63, 3.8) is 0 Å². The summed E-state index contributed by atoms with van der Waals surface area (Å²) in [6.07, 6.45) is 2.44. The largest absolute Gasteiger partial charge is 0.493 e. The molecule has 0 aliphatic heterocycles. The zero-order valence-corrected chi connectivity index (χ0v) is 15.9. The summed E-state index contributed by atoms with van der Waals surface area (Å²) in [7, 11) is 4.60. The van der Waals surface area contributed by atoms with Gasteiger partial charge in [-0.05, 0) is 36.2 Å². The minimum absolute atomic E-state index is 0.127. The lowest BCUT2D eigenvalue weighted by Crippen LogP contribution is -2.24. The van der Waals surface area contributed by atoms with Crippen LogP contribution in [-0.4, -0.2) is 40.1 Å². The number of ether oxygens (including phenoxy) is 4. The molecule has 2 aromatic rings. The molecule has 0 saturated carbocycles. The van der Waals surface area contributed by atoms with Crippen molar-refractivity contribution in [2.45, 2.75) is 13.3 Å². The van der Waals surface area contributed by atoms with Gasteiger partial charge in [0.2, 0.25) is 5.75 Å². The fraction of sp³-hybridized carbons (Fsp3) is 0.300. The molecule has 0 bridgehead atoms. The molecule has 2 rings (SSSR count). The monoisotopic (exact) mass is 372 g/mol. The first-order valence-electron chi connectivity index (χ1n) is 8.44. The van der Waals surface area contributed by atoms with E-state index in [1.807, 2.05) is 24.3 Å². The number of rotatable bonds is 9. The van der Waals surface area contributed by atoms with Crippen molar-refractivity contribution in [1.82, 2.24) is 5.43 Å². The van der Waals surface area contributed by atoms with Gasteiger partial charge < -0.3 is 18.9 Å². The molecular weight excluding hydrogens is 348 g/mol. The van der Waals surface area contributed by atoms with Gasteiger partial charge in [0.05, 0.1) is 27.5 Å². The van der Waals surface area contributed by atoms with E-state index in [4.69, 9.17) is 18.9 Å². The van der Waals surface area contributed by atoms with Crippen LogP contribution in [0.5, 0.6) is 23.0 Å². The van der Waals surface area contributed by atoms with E-state index in [1.165, 1.54) is 33.1 Å². The molecule has 0 unspecified atom stereocenters. The van der Waals surface area contributed by atoms with Crippen LogP contribution in [0, 0.1) is 0 Å². The fourth-order valence-electron chi connectivity index (χ4n) is 2.36. The summed E-state index contributed by atoms with van der Waals surface area (Å²) >= 11 is 0. The summed E-state index contributed by atoms with van der Waals surface area (Å²) in [5.41, 5.74) is 4.31. The van der Waals surface area contributed by atoms with Crippen LogP contribution in [0.2, 0.25) is 0 Å². The van der Waals surface area contributed by atoms with Crippen LogP contribution in [0.1, 0.15) is 18.1 Å². The number of amides is 1. The first-order valence-corrected chi connectivity index (χ1v) is 8.44. The predicted octanol–water partition coefficient (Wildman–Crippen LogP) is 2.80. The average Bonchev–Trinajstić information content (AvgIpc) is 2.71. The fourth-order valence-corrected chi connectivity index (χ4v) is 2.36. The Balaban J connectivity index is 1.92. The molecule has 0 spiro atoms. The lowest BCUT2D eigenvalue weighted by Gasteiger charge is -2.12. The van der Waals surface area contributed by atoms with Crippen LogP contribution >= 0.6 is 0 Å². The van der Waals surface area contributed by atoms with E-state index in [0.717, 1.165) is 6.42 Å². The summed E-state index contributed by atoms with van der Waals surface area (Å²) in [6.45, 7) is 1.95. The number of hydrogen-bond donors (Lipinski definition) is 1. The first-order chi connectivity index (χ1) is 13.1. The minimum atomic E-state index is -0.363. The van der Waals surface area contributed by atoms with Crippen LogP contribution in [-0.2, 0) is 11.2 Å². The normalized spacial score (nSPS) is 10.5. The molecule has 1 N–H and O–H groups in total. The number of methoxy groups -OCH3 is 3. The average molecular weight is 372 g/mol. The van der Waals surface area contributed by atoms with Crippen LogP contribution in [0.25, 0.3) is 0 Å². The first kappa shape index (κ1) is 20.1. The van der Waals surface area contributed by atoms with Crippen LogP contribution in [0.15, 0.2) is 41.5 Å². The second-order valence-electron chi connectivity index (χ2n) is 5.54. The second-order valence-corrected chi connectivity index (χ2v) is 5.54. The van der Waals surface area contributed by atoms with E-state index in [-0.39, 0.29) is 12.5 Å². The van der Waals surface area contributed by atoms with Crippen molar-refractivity contribution in [3.05, 3.63) is 47.5 Å². The molecule has 0 heterocycles. The maximum atomic E-state index is 11.9. The lowest BCUT2D eigenvalue weighted by molar-refractivity contribution is -0.123. The summed E-state index contributed by atoms with van der Waals surface area (Å²) in [5, 5.41) is 3.93. The third-order valence-corrected chi connectivity index (χ3v) is 3.79. The second kappa shape index (κ2) is 10.1. The Kier molecular flexibility index (Phi) is 7.49. The Morgan fingerprint density at radius 3 is 2.19 bits per heavy atom. The number of carbonyl (C=O) groups excluding carboxylic acids is 1. The minimum Gasteiger partial charge on any atom is -0.493 e. The van der Waals surface area contributed by atoms with Crippen molar-refractivity contribution < 1.29 is 23.7 Å². The highest BCUT2D eigenvalue weighted by Gasteiger charge is 2.12. The summed E-state index contributed by atoms with van der Waals surface area (Å²) < 4.78 is 21.2. The van der Waals surface area contributed by atoms with Gasteiger partial charge in [-0.3, -0.25) is 4.79 Å². The van der Waals surface area contributed by atoms with Gasteiger partial charge in [-0.2, -0.15) is 5.10 Å². The van der Waals surface area contributed by atoms with Crippen molar-refractivity contribution >= 4 is 12.1 Å². The maximum Gasteiger partial charge on any atom is 0.277 e. The van der Waals surface area contributed by atoms with Crippen LogP contribution in [0.4, 0.5) is 0 Å². The predicted molar refractivity (Wildman–Crippen MR) is 103 cm³/mol. The smallest absolute Gasteiger partial charge is 0.277 e. The van der Waals surface area contributed by atoms with E-state index in [1.54, 1.807) is 12.1 Å². The standard InChI is InChI=1S/C20H24N2O5/c1-5-14-6-8-16(9-7-14)27-13-19(23)22-21-12-15-10-17(24-2)20(26-4)18(11-15)25-3/h6-12H,5,13H2,1-4H3,(H,22,23). The van der Waals surface area contributed by atoms with Gasteiger partial charge in [0.15, 0.2) is 18.1 Å². The van der Waals surface area contributed by atoms with Gasteiger partial charge in [0.1, 0.15) is 5.75 Å². The molecular formula is C20H24N2O5. The molecule has 0 fully saturated rings. The number of hydrazone groups is 1. The number of aryl methyl sites for hydroxylation is 1.